The molecule has 1 aromatic heterocycles. The Morgan fingerprint density at radius 1 is 0.957 bits per heavy atom. The van der Waals surface area contributed by atoms with E-state index in [1.807, 2.05) is 12.1 Å². The summed E-state index contributed by atoms with van der Waals surface area (Å²) in [6.07, 6.45) is 0. The number of methoxy groups -OCH3 is 1. The van der Waals surface area contributed by atoms with Gasteiger partial charge in [-0.1, -0.05) is 45.0 Å². The van der Waals surface area contributed by atoms with Gasteiger partial charge in [-0.2, -0.15) is 0 Å². The molecule has 0 radical (unpaired) electrons. The molecule has 0 aliphatic heterocycles. The maximum absolute atomic E-state index is 12.4. The zero-order chi connectivity index (χ0) is 16.6. The van der Waals surface area contributed by atoms with Crippen LogP contribution < -0.4 is 10.2 Å². The third-order valence-corrected chi connectivity index (χ3v) is 3.97. The van der Waals surface area contributed by atoms with Crippen molar-refractivity contribution in [2.45, 2.75) is 26.2 Å². The van der Waals surface area contributed by atoms with Crippen LogP contribution in [0.25, 0.3) is 22.3 Å². The predicted octanol–water partition coefficient (Wildman–Crippen LogP) is 4.77. The molecule has 3 heteroatoms. The van der Waals surface area contributed by atoms with Gasteiger partial charge in [-0.25, -0.2) is 0 Å². The van der Waals surface area contributed by atoms with Crippen LogP contribution in [0.1, 0.15) is 26.3 Å². The van der Waals surface area contributed by atoms with Gasteiger partial charge in [-0.05, 0) is 29.2 Å². The molecule has 0 spiro atoms. The molecule has 3 rings (SSSR count). The minimum atomic E-state index is -0.0694. The number of rotatable bonds is 2. The number of hydrogen-bond acceptors (Lipinski definition) is 3. The van der Waals surface area contributed by atoms with E-state index in [1.165, 1.54) is 11.6 Å². The third-order valence-electron chi connectivity index (χ3n) is 3.97. The van der Waals surface area contributed by atoms with E-state index in [2.05, 4.69) is 32.9 Å². The maximum Gasteiger partial charge on any atom is 0.193 e. The second-order valence-corrected chi connectivity index (χ2v) is 6.66. The second-order valence-electron chi connectivity index (χ2n) is 6.66. The molecule has 0 saturated carbocycles. The summed E-state index contributed by atoms with van der Waals surface area (Å²) in [6, 6.07) is 14.9. The van der Waals surface area contributed by atoms with Gasteiger partial charge in [0, 0.05) is 11.6 Å². The van der Waals surface area contributed by atoms with E-state index in [-0.39, 0.29) is 10.8 Å². The SMILES string of the molecule is COc1ccc2oc(-c3ccc(C(C)(C)C)cc3)cc(=O)c2c1. The summed E-state index contributed by atoms with van der Waals surface area (Å²) >= 11 is 0. The van der Waals surface area contributed by atoms with Gasteiger partial charge in [0.1, 0.15) is 17.1 Å². The summed E-state index contributed by atoms with van der Waals surface area (Å²) in [4.78, 5) is 12.4. The van der Waals surface area contributed by atoms with Crippen molar-refractivity contribution in [2.75, 3.05) is 7.11 Å². The Labute approximate surface area is 135 Å². The normalized spacial score (nSPS) is 11.7. The molecule has 0 aliphatic rings. The van der Waals surface area contributed by atoms with Gasteiger partial charge >= 0.3 is 0 Å². The van der Waals surface area contributed by atoms with Crippen molar-refractivity contribution < 1.29 is 9.15 Å². The molecule has 3 aromatic rings. The Morgan fingerprint density at radius 3 is 2.26 bits per heavy atom. The summed E-state index contributed by atoms with van der Waals surface area (Å²) in [5, 5.41) is 0.527. The zero-order valence-corrected chi connectivity index (χ0v) is 13.8. The molecule has 0 N–H and O–H groups in total. The van der Waals surface area contributed by atoms with Gasteiger partial charge in [0.05, 0.1) is 12.5 Å². The average molecular weight is 308 g/mol. The van der Waals surface area contributed by atoms with E-state index < -0.39 is 0 Å². The fourth-order valence-electron chi connectivity index (χ4n) is 2.54. The fraction of sp³-hybridized carbons (Fsp3) is 0.250. The van der Waals surface area contributed by atoms with Gasteiger partial charge in [-0.3, -0.25) is 4.79 Å². The molecule has 0 bridgehead atoms. The molecule has 0 amide bonds. The first-order valence-corrected chi connectivity index (χ1v) is 7.61. The lowest BCUT2D eigenvalue weighted by atomic mass is 9.86. The first-order valence-electron chi connectivity index (χ1n) is 7.61. The van der Waals surface area contributed by atoms with Crippen molar-refractivity contribution in [1.82, 2.24) is 0 Å². The Kier molecular flexibility index (Phi) is 3.72. The summed E-state index contributed by atoms with van der Waals surface area (Å²) in [5.74, 6) is 1.22. The van der Waals surface area contributed by atoms with Crippen molar-refractivity contribution in [1.29, 1.82) is 0 Å². The summed E-state index contributed by atoms with van der Waals surface area (Å²) in [7, 11) is 1.58. The van der Waals surface area contributed by atoms with Crippen molar-refractivity contribution >= 4 is 11.0 Å². The molecular weight excluding hydrogens is 288 g/mol. The van der Waals surface area contributed by atoms with Gasteiger partial charge in [0.25, 0.3) is 0 Å². The number of benzene rings is 2. The van der Waals surface area contributed by atoms with Gasteiger partial charge in [-0.15, -0.1) is 0 Å². The highest BCUT2D eigenvalue weighted by Gasteiger charge is 2.14. The number of ether oxygens (including phenoxy) is 1. The molecule has 23 heavy (non-hydrogen) atoms. The summed E-state index contributed by atoms with van der Waals surface area (Å²) < 4.78 is 11.1. The van der Waals surface area contributed by atoms with Crippen LogP contribution in [0.4, 0.5) is 0 Å². The highest BCUT2D eigenvalue weighted by molar-refractivity contribution is 5.80. The predicted molar refractivity (Wildman–Crippen MR) is 93.2 cm³/mol. The van der Waals surface area contributed by atoms with Crippen molar-refractivity contribution in [3.8, 4) is 17.1 Å². The first kappa shape index (κ1) is 15.3. The highest BCUT2D eigenvalue weighted by atomic mass is 16.5. The maximum atomic E-state index is 12.4. The summed E-state index contributed by atoms with van der Waals surface area (Å²) in [5.41, 5.74) is 2.73. The van der Waals surface area contributed by atoms with Crippen LogP contribution in [0.15, 0.2) is 57.7 Å². The molecule has 2 aromatic carbocycles. The van der Waals surface area contributed by atoms with Crippen LogP contribution in [-0.2, 0) is 5.41 Å². The molecule has 1 heterocycles. The second kappa shape index (κ2) is 5.58. The monoisotopic (exact) mass is 308 g/mol. The quantitative estimate of drug-likeness (QED) is 0.685. The van der Waals surface area contributed by atoms with E-state index in [1.54, 1.807) is 25.3 Å². The standard InChI is InChI=1S/C20H20O3/c1-20(2,3)14-7-5-13(6-8-14)19-12-17(21)16-11-15(22-4)9-10-18(16)23-19/h5-12H,1-4H3. The average Bonchev–Trinajstić information content (AvgIpc) is 2.54. The smallest absolute Gasteiger partial charge is 0.193 e. The van der Waals surface area contributed by atoms with Crippen LogP contribution in [-0.4, -0.2) is 7.11 Å². The first-order chi connectivity index (χ1) is 10.9. The fourth-order valence-corrected chi connectivity index (χ4v) is 2.54. The van der Waals surface area contributed by atoms with Gasteiger partial charge < -0.3 is 9.15 Å². The Balaban J connectivity index is 2.08. The zero-order valence-electron chi connectivity index (χ0n) is 13.8. The highest BCUT2D eigenvalue weighted by Crippen LogP contribution is 2.27. The lowest BCUT2D eigenvalue weighted by molar-refractivity contribution is 0.415. The topological polar surface area (TPSA) is 39.4 Å². The van der Waals surface area contributed by atoms with E-state index in [0.717, 1.165) is 5.56 Å². The van der Waals surface area contributed by atoms with E-state index >= 15 is 0 Å². The van der Waals surface area contributed by atoms with Crippen LogP contribution in [0.2, 0.25) is 0 Å². The lowest BCUT2D eigenvalue weighted by Gasteiger charge is -2.19. The lowest BCUT2D eigenvalue weighted by Crippen LogP contribution is -2.10. The van der Waals surface area contributed by atoms with Crippen molar-refractivity contribution in [3.63, 3.8) is 0 Å². The Morgan fingerprint density at radius 2 is 1.65 bits per heavy atom. The third kappa shape index (κ3) is 3.00. The van der Waals surface area contributed by atoms with E-state index in [9.17, 15) is 4.79 Å². The minimum Gasteiger partial charge on any atom is -0.497 e. The van der Waals surface area contributed by atoms with Crippen LogP contribution >= 0.6 is 0 Å². The van der Waals surface area contributed by atoms with Crippen LogP contribution in [0.3, 0.4) is 0 Å². The molecule has 3 nitrogen and oxygen atoms in total. The van der Waals surface area contributed by atoms with Gasteiger partial charge in [0.2, 0.25) is 0 Å². The van der Waals surface area contributed by atoms with E-state index in [0.29, 0.717) is 22.5 Å². The number of fused-ring (bicyclic) bond motifs is 1. The van der Waals surface area contributed by atoms with Crippen LogP contribution in [0.5, 0.6) is 5.75 Å². The Hall–Kier alpha value is -2.55. The molecule has 118 valence electrons. The van der Waals surface area contributed by atoms with Crippen molar-refractivity contribution in [3.05, 3.63) is 64.3 Å². The Bertz CT molecular complexity index is 897. The minimum absolute atomic E-state index is 0.0694. The molecule has 0 saturated heterocycles. The molecule has 0 atom stereocenters. The van der Waals surface area contributed by atoms with Gasteiger partial charge in [0.15, 0.2) is 5.43 Å². The molecule has 0 fully saturated rings. The molecule has 0 unspecified atom stereocenters. The number of hydrogen-bond donors (Lipinski definition) is 0. The van der Waals surface area contributed by atoms with Crippen LogP contribution in [0, 0.1) is 0 Å². The molecular formula is C20H20O3. The molecule has 0 aliphatic carbocycles. The largest absolute Gasteiger partial charge is 0.497 e. The van der Waals surface area contributed by atoms with E-state index in [4.69, 9.17) is 9.15 Å². The van der Waals surface area contributed by atoms with Crippen molar-refractivity contribution in [2.24, 2.45) is 0 Å². The summed E-state index contributed by atoms with van der Waals surface area (Å²) in [6.45, 7) is 6.52.